The van der Waals surface area contributed by atoms with Crippen molar-refractivity contribution in [2.75, 3.05) is 6.54 Å². The third-order valence-corrected chi connectivity index (χ3v) is 4.82. The third-order valence-electron chi connectivity index (χ3n) is 3.62. The Morgan fingerprint density at radius 3 is 2.63 bits per heavy atom. The summed E-state index contributed by atoms with van der Waals surface area (Å²) in [6, 6.07) is 8.77. The highest BCUT2D eigenvalue weighted by atomic mass is 79.9. The van der Waals surface area contributed by atoms with Crippen molar-refractivity contribution in [1.29, 1.82) is 5.26 Å². The summed E-state index contributed by atoms with van der Waals surface area (Å²) in [7, 11) is 0. The molecule has 0 saturated heterocycles. The molecule has 0 radical (unpaired) electrons. The minimum Gasteiger partial charge on any atom is -0.352 e. The predicted octanol–water partition coefficient (Wildman–Crippen LogP) is 3.24. The van der Waals surface area contributed by atoms with Crippen LogP contribution in [0.4, 0.5) is 0 Å². The van der Waals surface area contributed by atoms with E-state index in [4.69, 9.17) is 5.26 Å². The first kappa shape index (κ1) is 14.1. The van der Waals surface area contributed by atoms with Crippen LogP contribution in [0.15, 0.2) is 24.3 Å². The zero-order valence-corrected chi connectivity index (χ0v) is 12.3. The van der Waals surface area contributed by atoms with Crippen molar-refractivity contribution in [2.24, 2.45) is 5.92 Å². The van der Waals surface area contributed by atoms with E-state index in [1.807, 2.05) is 6.07 Å². The molecule has 1 N–H and O–H groups in total. The van der Waals surface area contributed by atoms with Crippen LogP contribution in [0, 0.1) is 17.2 Å². The van der Waals surface area contributed by atoms with E-state index >= 15 is 0 Å². The summed E-state index contributed by atoms with van der Waals surface area (Å²) < 4.78 is 0. The molecule has 2 atom stereocenters. The second-order valence-electron chi connectivity index (χ2n) is 4.96. The van der Waals surface area contributed by atoms with Gasteiger partial charge in [-0.2, -0.15) is 5.26 Å². The molecule has 2 rings (SSSR count). The minimum absolute atomic E-state index is 0.0604. The summed E-state index contributed by atoms with van der Waals surface area (Å²) in [6.07, 6.45) is 4.89. The number of hydrogen-bond donors (Lipinski definition) is 1. The molecule has 1 aliphatic carbocycles. The van der Waals surface area contributed by atoms with Crippen molar-refractivity contribution >= 4 is 21.8 Å². The van der Waals surface area contributed by atoms with E-state index in [2.05, 4.69) is 21.2 Å². The Kier molecular flexibility index (Phi) is 4.98. The number of hydrogen-bond acceptors (Lipinski definition) is 2. The van der Waals surface area contributed by atoms with Crippen LogP contribution in [0.2, 0.25) is 0 Å². The van der Waals surface area contributed by atoms with Gasteiger partial charge in [0.2, 0.25) is 0 Å². The fourth-order valence-corrected chi connectivity index (χ4v) is 3.19. The van der Waals surface area contributed by atoms with Crippen LogP contribution in [-0.4, -0.2) is 17.3 Å². The summed E-state index contributed by atoms with van der Waals surface area (Å²) in [5, 5.41) is 11.7. The van der Waals surface area contributed by atoms with Crippen molar-refractivity contribution in [3.8, 4) is 6.07 Å². The smallest absolute Gasteiger partial charge is 0.251 e. The Hall–Kier alpha value is -1.34. The molecule has 0 heterocycles. The largest absolute Gasteiger partial charge is 0.352 e. The highest BCUT2D eigenvalue weighted by Gasteiger charge is 2.23. The van der Waals surface area contributed by atoms with Crippen molar-refractivity contribution in [1.82, 2.24) is 5.32 Å². The van der Waals surface area contributed by atoms with Gasteiger partial charge in [-0.1, -0.05) is 28.8 Å². The number of nitrogens with zero attached hydrogens (tertiary/aromatic N) is 1. The maximum Gasteiger partial charge on any atom is 0.251 e. The average Bonchev–Trinajstić information content (AvgIpc) is 2.46. The Morgan fingerprint density at radius 2 is 2.00 bits per heavy atom. The van der Waals surface area contributed by atoms with E-state index < -0.39 is 0 Å². The lowest BCUT2D eigenvalue weighted by atomic mass is 9.89. The predicted molar refractivity (Wildman–Crippen MR) is 78.2 cm³/mol. The number of halogens is 1. The summed E-state index contributed by atoms with van der Waals surface area (Å²) in [5.74, 6) is 0.464. The molecule has 0 spiro atoms. The van der Waals surface area contributed by atoms with Gasteiger partial charge in [0.1, 0.15) is 0 Å². The molecule has 0 bridgehead atoms. The molecule has 4 heteroatoms. The van der Waals surface area contributed by atoms with Crippen LogP contribution in [0.3, 0.4) is 0 Å². The monoisotopic (exact) mass is 320 g/mol. The molecule has 0 aromatic heterocycles. The minimum atomic E-state index is -0.0604. The van der Waals surface area contributed by atoms with Gasteiger partial charge in [-0.05, 0) is 43.0 Å². The van der Waals surface area contributed by atoms with Crippen LogP contribution < -0.4 is 5.32 Å². The number of carbonyl (C=O) groups excluding carboxylic acids is 1. The Bertz CT molecular complexity index is 478. The fourth-order valence-electron chi connectivity index (χ4n) is 2.41. The molecule has 3 nitrogen and oxygen atoms in total. The first-order valence-electron chi connectivity index (χ1n) is 6.63. The maximum atomic E-state index is 12.0. The number of alkyl halides is 1. The first-order chi connectivity index (χ1) is 9.20. The topological polar surface area (TPSA) is 52.9 Å². The van der Waals surface area contributed by atoms with Gasteiger partial charge in [-0.25, -0.2) is 0 Å². The number of benzene rings is 1. The van der Waals surface area contributed by atoms with Crippen molar-refractivity contribution in [3.63, 3.8) is 0 Å². The zero-order valence-electron chi connectivity index (χ0n) is 10.7. The second kappa shape index (κ2) is 6.72. The van der Waals surface area contributed by atoms with Crippen molar-refractivity contribution in [3.05, 3.63) is 35.4 Å². The molecule has 1 aromatic carbocycles. The highest BCUT2D eigenvalue weighted by molar-refractivity contribution is 9.09. The standard InChI is InChI=1S/C15H17BrN2O/c16-14-4-2-1-3-13(14)10-18-15(19)12-7-5-11(9-17)6-8-12/h5-8,13-14H,1-4,10H2,(H,18,19). The molecule has 2 unspecified atom stereocenters. The fraction of sp³-hybridized carbons (Fsp3) is 0.467. The maximum absolute atomic E-state index is 12.0. The molecule has 1 aliphatic rings. The van der Waals surface area contributed by atoms with Crippen LogP contribution in [0.5, 0.6) is 0 Å². The summed E-state index contributed by atoms with van der Waals surface area (Å²) in [5.41, 5.74) is 1.19. The molecule has 1 fully saturated rings. The van der Waals surface area contributed by atoms with E-state index in [0.29, 0.717) is 21.9 Å². The second-order valence-corrected chi connectivity index (χ2v) is 6.14. The number of nitriles is 1. The molecule has 0 aliphatic heterocycles. The lowest BCUT2D eigenvalue weighted by molar-refractivity contribution is 0.0944. The molecule has 100 valence electrons. The Balaban J connectivity index is 1.88. The Morgan fingerprint density at radius 1 is 1.32 bits per heavy atom. The van der Waals surface area contributed by atoms with Gasteiger partial charge in [0, 0.05) is 16.9 Å². The lowest BCUT2D eigenvalue weighted by Gasteiger charge is -2.27. The Labute approximate surface area is 122 Å². The quantitative estimate of drug-likeness (QED) is 0.869. The lowest BCUT2D eigenvalue weighted by Crippen LogP contribution is -2.34. The normalized spacial score (nSPS) is 22.5. The molecule has 19 heavy (non-hydrogen) atoms. The van der Waals surface area contributed by atoms with Crippen LogP contribution >= 0.6 is 15.9 Å². The van der Waals surface area contributed by atoms with E-state index in [0.717, 1.165) is 6.54 Å². The highest BCUT2D eigenvalue weighted by Crippen LogP contribution is 2.29. The van der Waals surface area contributed by atoms with Gasteiger partial charge in [-0.15, -0.1) is 0 Å². The van der Waals surface area contributed by atoms with Crippen molar-refractivity contribution in [2.45, 2.75) is 30.5 Å². The number of nitrogens with one attached hydrogen (secondary N) is 1. The van der Waals surface area contributed by atoms with Crippen LogP contribution in [0.25, 0.3) is 0 Å². The summed E-state index contributed by atoms with van der Waals surface area (Å²) in [6.45, 7) is 0.717. The number of carbonyl (C=O) groups is 1. The summed E-state index contributed by atoms with van der Waals surface area (Å²) >= 11 is 3.69. The van der Waals surface area contributed by atoms with Gasteiger partial charge >= 0.3 is 0 Å². The van der Waals surface area contributed by atoms with Gasteiger partial charge < -0.3 is 5.32 Å². The van der Waals surface area contributed by atoms with E-state index in [1.54, 1.807) is 24.3 Å². The van der Waals surface area contributed by atoms with E-state index in [-0.39, 0.29) is 5.91 Å². The molecular formula is C15H17BrN2O. The van der Waals surface area contributed by atoms with Crippen molar-refractivity contribution < 1.29 is 4.79 Å². The van der Waals surface area contributed by atoms with E-state index in [1.165, 1.54) is 25.7 Å². The summed E-state index contributed by atoms with van der Waals surface area (Å²) in [4.78, 5) is 12.5. The SMILES string of the molecule is N#Cc1ccc(C(=O)NCC2CCCCC2Br)cc1. The molecule has 1 saturated carbocycles. The van der Waals surface area contributed by atoms with Gasteiger partial charge in [0.25, 0.3) is 5.91 Å². The van der Waals surface area contributed by atoms with Gasteiger partial charge in [0.15, 0.2) is 0 Å². The molecular weight excluding hydrogens is 304 g/mol. The van der Waals surface area contributed by atoms with Crippen LogP contribution in [0.1, 0.15) is 41.6 Å². The average molecular weight is 321 g/mol. The number of amides is 1. The molecule has 1 aromatic rings. The zero-order chi connectivity index (χ0) is 13.7. The first-order valence-corrected chi connectivity index (χ1v) is 7.54. The number of rotatable bonds is 3. The third kappa shape index (κ3) is 3.81. The van der Waals surface area contributed by atoms with Crippen LogP contribution in [-0.2, 0) is 0 Å². The van der Waals surface area contributed by atoms with Gasteiger partial charge in [0.05, 0.1) is 11.6 Å². The van der Waals surface area contributed by atoms with Gasteiger partial charge in [-0.3, -0.25) is 4.79 Å². The van der Waals surface area contributed by atoms with E-state index in [9.17, 15) is 4.79 Å². The molecule has 1 amide bonds.